The fraction of sp³-hybridized carbons (Fsp3) is 0.538. The number of aliphatic hydroxyl groups is 1. The molecule has 32 heavy (non-hydrogen) atoms. The molecular formula is C26H32N2O4. The standard InChI is InChI=1S/C26H32N2O4/c1-16-19(4-5-20-18(3)32-15-21(16)20)24(30)14-27-11-8-26(9-12-27)10-13-28(25(26)31)22-6-7-23(29)17(22)2/h4-5,24,30H,3,6-15H2,1-2H3. The number of benzene rings is 1. The summed E-state index contributed by atoms with van der Waals surface area (Å²) in [6.45, 7) is 11.3. The first-order valence-electron chi connectivity index (χ1n) is 11.7. The summed E-state index contributed by atoms with van der Waals surface area (Å²) in [5, 5.41) is 11.0. The number of piperidine rings is 1. The summed E-state index contributed by atoms with van der Waals surface area (Å²) in [7, 11) is 0. The van der Waals surface area contributed by atoms with E-state index in [-0.39, 0.29) is 17.1 Å². The third kappa shape index (κ3) is 3.32. The minimum atomic E-state index is -0.573. The van der Waals surface area contributed by atoms with Gasteiger partial charge in [0, 0.05) is 41.9 Å². The second-order valence-corrected chi connectivity index (χ2v) is 9.82. The normalized spacial score (nSPS) is 24.0. The fourth-order valence-corrected chi connectivity index (χ4v) is 5.97. The fourth-order valence-electron chi connectivity index (χ4n) is 5.97. The molecule has 0 radical (unpaired) electrons. The highest BCUT2D eigenvalue weighted by Gasteiger charge is 2.49. The number of nitrogens with zero attached hydrogens (tertiary/aromatic N) is 2. The molecule has 3 aliphatic heterocycles. The minimum Gasteiger partial charge on any atom is -0.489 e. The molecule has 2 fully saturated rings. The van der Waals surface area contributed by atoms with Gasteiger partial charge in [0.25, 0.3) is 0 Å². The number of fused-ring (bicyclic) bond motifs is 1. The predicted octanol–water partition coefficient (Wildman–Crippen LogP) is 3.48. The Labute approximate surface area is 189 Å². The van der Waals surface area contributed by atoms with Crippen molar-refractivity contribution < 1.29 is 19.4 Å². The number of ketones is 1. The second-order valence-electron chi connectivity index (χ2n) is 9.82. The summed E-state index contributed by atoms with van der Waals surface area (Å²) >= 11 is 0. The molecule has 6 nitrogen and oxygen atoms in total. The van der Waals surface area contributed by atoms with Crippen LogP contribution in [0.5, 0.6) is 0 Å². The quantitative estimate of drug-likeness (QED) is 0.783. The predicted molar refractivity (Wildman–Crippen MR) is 121 cm³/mol. The van der Waals surface area contributed by atoms with Gasteiger partial charge in [-0.3, -0.25) is 9.59 Å². The molecule has 0 bridgehead atoms. The molecule has 1 aliphatic carbocycles. The molecule has 1 spiro atoms. The first kappa shape index (κ1) is 21.4. The number of likely N-dealkylation sites (tertiary alicyclic amines) is 2. The van der Waals surface area contributed by atoms with Gasteiger partial charge in [0.2, 0.25) is 5.91 Å². The smallest absolute Gasteiger partial charge is 0.233 e. The van der Waals surface area contributed by atoms with Gasteiger partial charge in [0.05, 0.1) is 11.5 Å². The summed E-state index contributed by atoms with van der Waals surface area (Å²) in [6, 6.07) is 3.99. The maximum atomic E-state index is 13.3. The lowest BCUT2D eigenvalue weighted by atomic mass is 9.77. The van der Waals surface area contributed by atoms with Crippen molar-refractivity contribution in [2.75, 3.05) is 26.2 Å². The molecule has 1 unspecified atom stereocenters. The number of carbonyl (C=O) groups is 2. The molecule has 1 amide bonds. The zero-order valence-corrected chi connectivity index (χ0v) is 19.1. The molecule has 5 rings (SSSR count). The first-order chi connectivity index (χ1) is 15.3. The molecule has 0 saturated carbocycles. The number of allylic oxidation sites excluding steroid dienone is 2. The molecular weight excluding hydrogens is 404 g/mol. The molecule has 1 aromatic rings. The number of aliphatic hydroxyl groups excluding tert-OH is 1. The van der Waals surface area contributed by atoms with Crippen LogP contribution in [0.15, 0.2) is 30.0 Å². The topological polar surface area (TPSA) is 70.1 Å². The average Bonchev–Trinajstić information content (AvgIpc) is 3.42. The van der Waals surface area contributed by atoms with Crippen molar-refractivity contribution >= 4 is 17.4 Å². The Hall–Kier alpha value is -2.44. The van der Waals surface area contributed by atoms with Crippen LogP contribution in [0.2, 0.25) is 0 Å². The zero-order valence-electron chi connectivity index (χ0n) is 19.1. The number of hydrogen-bond acceptors (Lipinski definition) is 5. The van der Waals surface area contributed by atoms with Gasteiger partial charge in [-0.25, -0.2) is 0 Å². The van der Waals surface area contributed by atoms with E-state index >= 15 is 0 Å². The third-order valence-electron chi connectivity index (χ3n) is 8.21. The number of rotatable bonds is 4. The SMILES string of the molecule is C=C1OCc2c1ccc(C(O)CN1CCC3(CC1)CCN(C1=C(C)C(=O)CC1)C3=O)c2C. The maximum Gasteiger partial charge on any atom is 0.233 e. The van der Waals surface area contributed by atoms with Crippen molar-refractivity contribution in [3.05, 3.63) is 52.2 Å². The molecule has 2 saturated heterocycles. The largest absolute Gasteiger partial charge is 0.489 e. The molecule has 6 heteroatoms. The lowest BCUT2D eigenvalue weighted by molar-refractivity contribution is -0.137. The Bertz CT molecular complexity index is 1030. The summed E-state index contributed by atoms with van der Waals surface area (Å²) < 4.78 is 5.57. The van der Waals surface area contributed by atoms with Crippen LogP contribution < -0.4 is 0 Å². The number of hydrogen-bond donors (Lipinski definition) is 1. The lowest BCUT2D eigenvalue weighted by Crippen LogP contribution is -2.45. The number of amides is 1. The van der Waals surface area contributed by atoms with Crippen molar-refractivity contribution in [1.82, 2.24) is 9.80 Å². The molecule has 1 aromatic carbocycles. The van der Waals surface area contributed by atoms with Crippen LogP contribution in [0, 0.1) is 12.3 Å². The van der Waals surface area contributed by atoms with Crippen molar-refractivity contribution in [2.45, 2.75) is 58.7 Å². The Kier molecular flexibility index (Phi) is 5.25. The van der Waals surface area contributed by atoms with Crippen molar-refractivity contribution in [3.8, 4) is 0 Å². The van der Waals surface area contributed by atoms with Gasteiger partial charge in [-0.2, -0.15) is 0 Å². The van der Waals surface area contributed by atoms with E-state index in [1.807, 2.05) is 30.9 Å². The van der Waals surface area contributed by atoms with E-state index in [0.29, 0.717) is 31.8 Å². The Morgan fingerprint density at radius 2 is 1.84 bits per heavy atom. The van der Waals surface area contributed by atoms with E-state index in [1.165, 1.54) is 0 Å². The number of Topliss-reactive ketones (excluding diaryl/α,β-unsaturated/α-hetero) is 1. The van der Waals surface area contributed by atoms with Crippen molar-refractivity contribution in [3.63, 3.8) is 0 Å². The van der Waals surface area contributed by atoms with Gasteiger partial charge in [-0.1, -0.05) is 18.7 Å². The summed E-state index contributed by atoms with van der Waals surface area (Å²) in [5.41, 5.74) is 5.61. The van der Waals surface area contributed by atoms with Crippen LogP contribution in [0.4, 0.5) is 0 Å². The maximum absolute atomic E-state index is 13.3. The Morgan fingerprint density at radius 3 is 2.53 bits per heavy atom. The van der Waals surface area contributed by atoms with Crippen LogP contribution in [0.3, 0.4) is 0 Å². The van der Waals surface area contributed by atoms with E-state index in [4.69, 9.17) is 4.74 Å². The van der Waals surface area contributed by atoms with Gasteiger partial charge in [-0.05, 0) is 63.7 Å². The van der Waals surface area contributed by atoms with Crippen LogP contribution in [0.25, 0.3) is 5.76 Å². The molecule has 170 valence electrons. The van der Waals surface area contributed by atoms with Crippen LogP contribution in [0.1, 0.15) is 67.4 Å². The number of ether oxygens (including phenoxy) is 1. The molecule has 0 aromatic heterocycles. The van der Waals surface area contributed by atoms with Gasteiger partial charge in [0.1, 0.15) is 12.4 Å². The minimum absolute atomic E-state index is 0.176. The van der Waals surface area contributed by atoms with Gasteiger partial charge >= 0.3 is 0 Å². The van der Waals surface area contributed by atoms with Crippen LogP contribution in [-0.2, 0) is 20.9 Å². The number of carbonyl (C=O) groups excluding carboxylic acids is 2. The van der Waals surface area contributed by atoms with Gasteiger partial charge in [-0.15, -0.1) is 0 Å². The first-order valence-corrected chi connectivity index (χ1v) is 11.7. The lowest BCUT2D eigenvalue weighted by Gasteiger charge is -2.39. The number of β-amino-alcohol motifs (C(OH)–C–C–N with tert-alkyl or cyclic N) is 1. The second kappa shape index (κ2) is 7.85. The average molecular weight is 437 g/mol. The highest BCUT2D eigenvalue weighted by Crippen LogP contribution is 2.45. The highest BCUT2D eigenvalue weighted by atomic mass is 16.5. The zero-order chi connectivity index (χ0) is 22.6. The summed E-state index contributed by atoms with van der Waals surface area (Å²) in [5.74, 6) is 1.08. The van der Waals surface area contributed by atoms with Gasteiger partial charge in [0.15, 0.2) is 5.78 Å². The monoisotopic (exact) mass is 436 g/mol. The Morgan fingerprint density at radius 1 is 1.12 bits per heavy atom. The van der Waals surface area contributed by atoms with E-state index in [0.717, 1.165) is 72.4 Å². The van der Waals surface area contributed by atoms with Gasteiger partial charge < -0.3 is 19.6 Å². The molecule has 1 N–H and O–H groups in total. The van der Waals surface area contributed by atoms with Crippen LogP contribution >= 0.6 is 0 Å². The van der Waals surface area contributed by atoms with E-state index < -0.39 is 6.10 Å². The Balaban J connectivity index is 1.23. The van der Waals surface area contributed by atoms with Crippen LogP contribution in [-0.4, -0.2) is 52.8 Å². The van der Waals surface area contributed by atoms with E-state index in [9.17, 15) is 14.7 Å². The highest BCUT2D eigenvalue weighted by molar-refractivity contribution is 5.99. The summed E-state index contributed by atoms with van der Waals surface area (Å²) in [4.78, 5) is 29.5. The van der Waals surface area contributed by atoms with E-state index in [2.05, 4.69) is 11.5 Å². The molecule has 4 aliphatic rings. The molecule has 3 heterocycles. The van der Waals surface area contributed by atoms with Crippen molar-refractivity contribution in [1.29, 1.82) is 0 Å². The summed E-state index contributed by atoms with van der Waals surface area (Å²) in [6.07, 6.45) is 3.14. The van der Waals surface area contributed by atoms with Crippen molar-refractivity contribution in [2.24, 2.45) is 5.41 Å². The third-order valence-corrected chi connectivity index (χ3v) is 8.21. The van der Waals surface area contributed by atoms with E-state index in [1.54, 1.807) is 0 Å². The molecule has 1 atom stereocenters.